The topological polar surface area (TPSA) is 133 Å². The van der Waals surface area contributed by atoms with Crippen molar-refractivity contribution in [3.05, 3.63) is 64.8 Å². The molecule has 0 fully saturated rings. The summed E-state index contributed by atoms with van der Waals surface area (Å²) in [6, 6.07) is 6.15. The molecule has 0 aliphatic rings. The van der Waals surface area contributed by atoms with E-state index in [1.54, 1.807) is 12.1 Å². The Morgan fingerprint density at radius 3 is 2.77 bits per heavy atom. The predicted octanol–water partition coefficient (Wildman–Crippen LogP) is 1.74. The first-order chi connectivity index (χ1) is 12.5. The summed E-state index contributed by atoms with van der Waals surface area (Å²) < 4.78 is 0. The van der Waals surface area contributed by atoms with Crippen LogP contribution in [-0.4, -0.2) is 37.1 Å². The van der Waals surface area contributed by atoms with Crippen LogP contribution in [0.25, 0.3) is 0 Å². The van der Waals surface area contributed by atoms with Gasteiger partial charge in [0.05, 0.1) is 11.2 Å². The molecule has 4 N–H and O–H groups in total. The van der Waals surface area contributed by atoms with Gasteiger partial charge in [0.1, 0.15) is 17.3 Å². The van der Waals surface area contributed by atoms with Crippen molar-refractivity contribution in [3.63, 3.8) is 0 Å². The first-order valence-corrected chi connectivity index (χ1v) is 7.79. The van der Waals surface area contributed by atoms with Gasteiger partial charge in [-0.3, -0.25) is 14.7 Å². The summed E-state index contributed by atoms with van der Waals surface area (Å²) in [6.45, 7) is 0.189. The Morgan fingerprint density at radius 2 is 2.04 bits per heavy atom. The van der Waals surface area contributed by atoms with E-state index in [1.165, 1.54) is 30.7 Å². The lowest BCUT2D eigenvalue weighted by atomic mass is 10.2. The number of hydrogen-bond acceptors (Lipinski definition) is 6. The van der Waals surface area contributed by atoms with E-state index in [-0.39, 0.29) is 34.5 Å². The maximum atomic E-state index is 12.1. The first kappa shape index (κ1) is 17.4. The van der Waals surface area contributed by atoms with E-state index in [1.807, 2.05) is 0 Å². The second-order valence-electron chi connectivity index (χ2n) is 5.15. The minimum absolute atomic E-state index is 0.109. The summed E-state index contributed by atoms with van der Waals surface area (Å²) in [5, 5.41) is 21.3. The van der Waals surface area contributed by atoms with Crippen molar-refractivity contribution in [1.82, 2.24) is 25.5 Å². The average Bonchev–Trinajstić information content (AvgIpc) is 3.06. The number of carbonyl (C=O) groups excluding carboxylic acids is 2. The third kappa shape index (κ3) is 3.95. The second-order valence-corrected chi connectivity index (χ2v) is 5.56. The minimum atomic E-state index is -0.596. The molecule has 0 atom stereocenters. The number of aromatic nitrogens is 4. The van der Waals surface area contributed by atoms with E-state index < -0.39 is 11.8 Å². The Bertz CT molecular complexity index is 958. The quantitative estimate of drug-likeness (QED) is 0.539. The van der Waals surface area contributed by atoms with E-state index in [4.69, 9.17) is 11.6 Å². The van der Waals surface area contributed by atoms with Crippen molar-refractivity contribution in [3.8, 4) is 5.75 Å². The summed E-state index contributed by atoms with van der Waals surface area (Å²) in [7, 11) is 0. The Kier molecular flexibility index (Phi) is 5.09. The molecular weight excluding hydrogens is 360 g/mol. The maximum Gasteiger partial charge on any atom is 0.279 e. The second kappa shape index (κ2) is 7.62. The highest BCUT2D eigenvalue weighted by molar-refractivity contribution is 6.33. The highest BCUT2D eigenvalue weighted by Gasteiger charge is 2.14. The van der Waals surface area contributed by atoms with Gasteiger partial charge in [0.15, 0.2) is 5.69 Å². The zero-order valence-corrected chi connectivity index (χ0v) is 14.0. The van der Waals surface area contributed by atoms with Crippen molar-refractivity contribution < 1.29 is 14.7 Å². The zero-order chi connectivity index (χ0) is 18.5. The Morgan fingerprint density at radius 1 is 1.19 bits per heavy atom. The van der Waals surface area contributed by atoms with E-state index in [9.17, 15) is 14.7 Å². The van der Waals surface area contributed by atoms with E-state index in [0.717, 1.165) is 0 Å². The molecule has 0 bridgehead atoms. The van der Waals surface area contributed by atoms with Crippen LogP contribution in [0, 0.1) is 0 Å². The monoisotopic (exact) mass is 372 g/mol. The Hall–Kier alpha value is -3.46. The molecule has 0 saturated carbocycles. The number of halogens is 1. The third-order valence-corrected chi connectivity index (χ3v) is 3.63. The summed E-state index contributed by atoms with van der Waals surface area (Å²) in [5.74, 6) is -0.981. The van der Waals surface area contributed by atoms with E-state index in [2.05, 4.69) is 30.8 Å². The molecule has 132 valence electrons. The van der Waals surface area contributed by atoms with Crippen molar-refractivity contribution in [2.24, 2.45) is 0 Å². The van der Waals surface area contributed by atoms with Gasteiger partial charge in [-0.05, 0) is 29.8 Å². The molecule has 26 heavy (non-hydrogen) atoms. The normalized spacial score (nSPS) is 10.3. The fourth-order valence-corrected chi connectivity index (χ4v) is 2.28. The number of pyridine rings is 2. The van der Waals surface area contributed by atoms with Gasteiger partial charge < -0.3 is 15.7 Å². The van der Waals surface area contributed by atoms with Crippen LogP contribution < -0.4 is 10.6 Å². The van der Waals surface area contributed by atoms with Crippen LogP contribution in [0.2, 0.25) is 5.02 Å². The molecule has 2 amide bonds. The first-order valence-electron chi connectivity index (χ1n) is 7.42. The van der Waals surface area contributed by atoms with Gasteiger partial charge in [-0.15, -0.1) is 0 Å². The van der Waals surface area contributed by atoms with E-state index >= 15 is 0 Å². The molecule has 0 radical (unpaired) electrons. The molecule has 3 rings (SSSR count). The van der Waals surface area contributed by atoms with Crippen molar-refractivity contribution in [2.45, 2.75) is 6.54 Å². The number of carbonyl (C=O) groups is 2. The molecule has 0 aromatic carbocycles. The highest BCUT2D eigenvalue weighted by Crippen LogP contribution is 2.15. The fourth-order valence-electron chi connectivity index (χ4n) is 2.10. The highest BCUT2D eigenvalue weighted by atomic mass is 35.5. The summed E-state index contributed by atoms with van der Waals surface area (Å²) in [6.07, 6.45) is 4.22. The number of anilines is 1. The molecule has 0 spiro atoms. The average molecular weight is 373 g/mol. The summed E-state index contributed by atoms with van der Waals surface area (Å²) in [4.78, 5) is 32.0. The predicted molar refractivity (Wildman–Crippen MR) is 92.9 cm³/mol. The van der Waals surface area contributed by atoms with Gasteiger partial charge in [-0.25, -0.2) is 9.97 Å². The number of nitrogens with zero attached hydrogens (tertiary/aromatic N) is 3. The van der Waals surface area contributed by atoms with Gasteiger partial charge in [0, 0.05) is 18.9 Å². The molecule has 0 aliphatic carbocycles. The lowest BCUT2D eigenvalue weighted by molar-refractivity contribution is 0.0945. The molecule has 3 aromatic heterocycles. The molecular formula is C16H13ClN6O3. The fraction of sp³-hybridized carbons (Fsp3) is 0.0625. The largest absolute Gasteiger partial charge is 0.505 e. The van der Waals surface area contributed by atoms with Crippen LogP contribution in [0.4, 0.5) is 5.82 Å². The van der Waals surface area contributed by atoms with Crippen molar-refractivity contribution in [1.29, 1.82) is 0 Å². The molecule has 3 aromatic rings. The van der Waals surface area contributed by atoms with E-state index in [0.29, 0.717) is 5.56 Å². The maximum absolute atomic E-state index is 12.1. The molecule has 0 unspecified atom stereocenters. The summed E-state index contributed by atoms with van der Waals surface area (Å²) >= 11 is 5.83. The Balaban J connectivity index is 1.65. The van der Waals surface area contributed by atoms with Crippen LogP contribution in [0.3, 0.4) is 0 Å². The van der Waals surface area contributed by atoms with Gasteiger partial charge in [-0.1, -0.05) is 11.6 Å². The zero-order valence-electron chi connectivity index (χ0n) is 13.2. The number of amides is 2. The number of nitrogens with one attached hydrogen (secondary N) is 3. The smallest absolute Gasteiger partial charge is 0.279 e. The lowest BCUT2D eigenvalue weighted by Crippen LogP contribution is -2.23. The van der Waals surface area contributed by atoms with Crippen LogP contribution in [-0.2, 0) is 6.54 Å². The Labute approximate surface area is 152 Å². The van der Waals surface area contributed by atoms with Crippen LogP contribution >= 0.6 is 11.6 Å². The van der Waals surface area contributed by atoms with Crippen LogP contribution in [0.15, 0.2) is 42.9 Å². The van der Waals surface area contributed by atoms with Crippen molar-refractivity contribution in [2.75, 3.05) is 5.32 Å². The molecule has 9 nitrogen and oxygen atoms in total. The molecule has 10 heteroatoms. The number of rotatable bonds is 5. The van der Waals surface area contributed by atoms with Gasteiger partial charge >= 0.3 is 0 Å². The van der Waals surface area contributed by atoms with Gasteiger partial charge in [0.2, 0.25) is 0 Å². The standard InChI is InChI=1S/C16H13ClN6O3/c17-10-8-21-23-13(10)15(25)20-7-9-3-5-18-12(6-9)22-16(26)14-11(24)2-1-4-19-14/h1-6,8,24H,7H2,(H,20,25)(H,21,23)(H,18,22,26). The SMILES string of the molecule is O=C(Nc1cc(CNC(=O)c2[nH]ncc2Cl)ccn1)c1ncccc1O. The van der Waals surface area contributed by atoms with Gasteiger partial charge in [-0.2, -0.15) is 5.10 Å². The molecule has 0 aliphatic heterocycles. The molecule has 3 heterocycles. The van der Waals surface area contributed by atoms with Crippen molar-refractivity contribution >= 4 is 29.2 Å². The minimum Gasteiger partial charge on any atom is -0.505 e. The number of aromatic hydroxyl groups is 1. The van der Waals surface area contributed by atoms with Crippen LogP contribution in [0.5, 0.6) is 5.75 Å². The summed E-state index contributed by atoms with van der Waals surface area (Å²) in [5.41, 5.74) is 0.756. The van der Waals surface area contributed by atoms with Crippen LogP contribution in [0.1, 0.15) is 26.5 Å². The van der Waals surface area contributed by atoms with Gasteiger partial charge in [0.25, 0.3) is 11.8 Å². The number of H-pyrrole nitrogens is 1. The third-order valence-electron chi connectivity index (χ3n) is 3.34. The lowest BCUT2D eigenvalue weighted by Gasteiger charge is -2.08. The number of hydrogen-bond donors (Lipinski definition) is 4. The number of aromatic amines is 1. The molecule has 0 saturated heterocycles.